The Balaban J connectivity index is 1.85. The molecule has 0 aliphatic rings. The molecule has 2 amide bonds. The smallest absolute Gasteiger partial charge is 0.307 e. The Labute approximate surface area is 110 Å². The number of hydrogen-bond donors (Lipinski definition) is 2. The van der Waals surface area contributed by atoms with Gasteiger partial charge in [-0.15, -0.1) is 0 Å². The van der Waals surface area contributed by atoms with Crippen molar-refractivity contribution in [3.05, 3.63) is 66.0 Å². The van der Waals surface area contributed by atoms with E-state index in [1.165, 1.54) is 18.3 Å². The molecule has 0 spiro atoms. The van der Waals surface area contributed by atoms with Crippen LogP contribution >= 0.6 is 0 Å². The Morgan fingerprint density at radius 1 is 1.05 bits per heavy atom. The molecule has 0 saturated carbocycles. The van der Waals surface area contributed by atoms with Crippen LogP contribution in [-0.4, -0.2) is 12.2 Å². The van der Waals surface area contributed by atoms with Crippen molar-refractivity contribution < 1.29 is 9.18 Å². The third-order valence-electron chi connectivity index (χ3n) is 2.28. The van der Waals surface area contributed by atoms with Gasteiger partial charge in [-0.2, -0.15) is 5.10 Å². The van der Waals surface area contributed by atoms with E-state index in [1.807, 2.05) is 18.2 Å². The van der Waals surface area contributed by atoms with Gasteiger partial charge in [0, 0.05) is 5.69 Å². The van der Waals surface area contributed by atoms with Gasteiger partial charge in [-0.3, -0.25) is 0 Å². The summed E-state index contributed by atoms with van der Waals surface area (Å²) >= 11 is 0. The number of nitrogens with zero attached hydrogens (tertiary/aromatic N) is 1. The molecule has 2 N–H and O–H groups in total. The number of anilines is 1. The van der Waals surface area contributed by atoms with E-state index in [0.717, 1.165) is 0 Å². The van der Waals surface area contributed by atoms with Crippen LogP contribution < -0.4 is 10.7 Å². The van der Waals surface area contributed by atoms with Gasteiger partial charge in [0.05, 0.1) is 6.21 Å². The SMILES string of the molecule is O=C(N/N=C\c1ccc(F)cc1)Nc1ccccc1. The Kier molecular flexibility index (Phi) is 4.23. The van der Waals surface area contributed by atoms with Crippen molar-refractivity contribution in [2.24, 2.45) is 5.10 Å². The largest absolute Gasteiger partial charge is 0.339 e. The molecule has 2 aromatic carbocycles. The van der Waals surface area contributed by atoms with Crippen LogP contribution in [0.2, 0.25) is 0 Å². The molecule has 2 aromatic rings. The van der Waals surface area contributed by atoms with Gasteiger partial charge in [-0.25, -0.2) is 14.6 Å². The van der Waals surface area contributed by atoms with E-state index >= 15 is 0 Å². The van der Waals surface area contributed by atoms with Crippen LogP contribution in [-0.2, 0) is 0 Å². The van der Waals surface area contributed by atoms with Crippen molar-refractivity contribution in [2.45, 2.75) is 0 Å². The number of para-hydroxylation sites is 1. The number of amides is 2. The second-order valence-corrected chi connectivity index (χ2v) is 3.74. The average molecular weight is 257 g/mol. The van der Waals surface area contributed by atoms with E-state index in [1.54, 1.807) is 24.3 Å². The average Bonchev–Trinajstić information content (AvgIpc) is 2.42. The number of hydrogen-bond acceptors (Lipinski definition) is 2. The first-order chi connectivity index (χ1) is 9.24. The molecule has 0 atom stereocenters. The number of benzene rings is 2. The van der Waals surface area contributed by atoms with Gasteiger partial charge in [0.15, 0.2) is 0 Å². The van der Waals surface area contributed by atoms with E-state index in [4.69, 9.17) is 0 Å². The molecule has 0 aliphatic heterocycles. The maximum atomic E-state index is 12.7. The number of halogens is 1. The number of carbonyl (C=O) groups excluding carboxylic acids is 1. The summed E-state index contributed by atoms with van der Waals surface area (Å²) in [7, 11) is 0. The lowest BCUT2D eigenvalue weighted by atomic mass is 10.2. The molecular formula is C14H12FN3O. The molecule has 2 rings (SSSR count). The van der Waals surface area contributed by atoms with E-state index in [-0.39, 0.29) is 5.82 Å². The van der Waals surface area contributed by atoms with Gasteiger partial charge < -0.3 is 5.32 Å². The molecule has 0 fully saturated rings. The lowest BCUT2D eigenvalue weighted by Crippen LogP contribution is -2.24. The minimum absolute atomic E-state index is 0.313. The number of hydrazone groups is 1. The van der Waals surface area contributed by atoms with Gasteiger partial charge in [0.25, 0.3) is 0 Å². The molecule has 0 bridgehead atoms. The van der Waals surface area contributed by atoms with Crippen molar-refractivity contribution >= 4 is 17.9 Å². The number of rotatable bonds is 3. The third-order valence-corrected chi connectivity index (χ3v) is 2.28. The summed E-state index contributed by atoms with van der Waals surface area (Å²) in [6, 6.07) is 14.4. The van der Waals surface area contributed by atoms with Crippen LogP contribution in [0.3, 0.4) is 0 Å². The first-order valence-corrected chi connectivity index (χ1v) is 5.65. The highest BCUT2D eigenvalue weighted by atomic mass is 19.1. The summed E-state index contributed by atoms with van der Waals surface area (Å²) in [5.41, 5.74) is 3.69. The highest BCUT2D eigenvalue weighted by Gasteiger charge is 1.98. The van der Waals surface area contributed by atoms with E-state index in [0.29, 0.717) is 11.3 Å². The lowest BCUT2D eigenvalue weighted by molar-refractivity contribution is 0.252. The fourth-order valence-corrected chi connectivity index (χ4v) is 1.39. The Morgan fingerprint density at radius 3 is 2.42 bits per heavy atom. The van der Waals surface area contributed by atoms with Gasteiger partial charge in [0.1, 0.15) is 5.82 Å². The highest BCUT2D eigenvalue weighted by molar-refractivity contribution is 5.90. The zero-order valence-electron chi connectivity index (χ0n) is 10.0. The van der Waals surface area contributed by atoms with Gasteiger partial charge in [-0.05, 0) is 29.8 Å². The van der Waals surface area contributed by atoms with Crippen molar-refractivity contribution in [3.63, 3.8) is 0 Å². The normalized spacial score (nSPS) is 10.4. The molecule has 0 aliphatic carbocycles. The number of nitrogens with one attached hydrogen (secondary N) is 2. The number of urea groups is 1. The first kappa shape index (κ1) is 12.8. The molecule has 0 saturated heterocycles. The van der Waals surface area contributed by atoms with Crippen molar-refractivity contribution in [3.8, 4) is 0 Å². The minimum atomic E-state index is -0.440. The first-order valence-electron chi connectivity index (χ1n) is 5.65. The molecule has 0 heterocycles. The van der Waals surface area contributed by atoms with Crippen LogP contribution in [0.5, 0.6) is 0 Å². The Bertz CT molecular complexity index is 567. The quantitative estimate of drug-likeness (QED) is 0.644. The molecule has 5 heteroatoms. The molecule has 19 heavy (non-hydrogen) atoms. The van der Waals surface area contributed by atoms with Crippen LogP contribution in [0.25, 0.3) is 0 Å². The Hall–Kier alpha value is -2.69. The van der Waals surface area contributed by atoms with E-state index in [9.17, 15) is 9.18 Å². The van der Waals surface area contributed by atoms with Crippen LogP contribution in [0.1, 0.15) is 5.56 Å². The summed E-state index contributed by atoms with van der Waals surface area (Å²) in [5, 5.41) is 6.37. The van der Waals surface area contributed by atoms with Crippen LogP contribution in [0.4, 0.5) is 14.9 Å². The molecular weight excluding hydrogens is 245 g/mol. The maximum absolute atomic E-state index is 12.7. The van der Waals surface area contributed by atoms with Crippen LogP contribution in [0, 0.1) is 5.82 Å². The van der Waals surface area contributed by atoms with E-state index < -0.39 is 6.03 Å². The van der Waals surface area contributed by atoms with Crippen molar-refractivity contribution in [2.75, 3.05) is 5.32 Å². The zero-order valence-corrected chi connectivity index (χ0v) is 10.0. The summed E-state index contributed by atoms with van der Waals surface area (Å²) in [4.78, 5) is 11.5. The summed E-state index contributed by atoms with van der Waals surface area (Å²) in [6.07, 6.45) is 1.43. The topological polar surface area (TPSA) is 53.5 Å². The standard InChI is InChI=1S/C14H12FN3O/c15-12-8-6-11(7-9-12)10-16-18-14(19)17-13-4-2-1-3-5-13/h1-10H,(H2,17,18,19)/b16-10-. The third kappa shape index (κ3) is 4.23. The highest BCUT2D eigenvalue weighted by Crippen LogP contribution is 2.04. The second kappa shape index (κ2) is 6.30. The van der Waals surface area contributed by atoms with Crippen molar-refractivity contribution in [1.29, 1.82) is 0 Å². The van der Waals surface area contributed by atoms with Gasteiger partial charge >= 0.3 is 6.03 Å². The van der Waals surface area contributed by atoms with E-state index in [2.05, 4.69) is 15.8 Å². The molecule has 0 radical (unpaired) electrons. The second-order valence-electron chi connectivity index (χ2n) is 3.74. The van der Waals surface area contributed by atoms with Gasteiger partial charge in [0.2, 0.25) is 0 Å². The predicted molar refractivity (Wildman–Crippen MR) is 72.6 cm³/mol. The zero-order chi connectivity index (χ0) is 13.5. The lowest BCUT2D eigenvalue weighted by Gasteiger charge is -2.02. The Morgan fingerprint density at radius 2 is 1.74 bits per heavy atom. The van der Waals surface area contributed by atoms with Crippen molar-refractivity contribution in [1.82, 2.24) is 5.43 Å². The predicted octanol–water partition coefficient (Wildman–Crippen LogP) is 2.98. The fourth-order valence-electron chi connectivity index (χ4n) is 1.39. The van der Waals surface area contributed by atoms with Gasteiger partial charge in [-0.1, -0.05) is 30.3 Å². The molecule has 4 nitrogen and oxygen atoms in total. The summed E-state index contributed by atoms with van der Waals surface area (Å²) in [6.45, 7) is 0. The molecule has 0 unspecified atom stereocenters. The monoisotopic (exact) mass is 257 g/mol. The molecule has 96 valence electrons. The fraction of sp³-hybridized carbons (Fsp3) is 0. The minimum Gasteiger partial charge on any atom is -0.307 e. The summed E-state index contributed by atoms with van der Waals surface area (Å²) in [5.74, 6) is -0.313. The number of carbonyl (C=O) groups is 1. The summed E-state index contributed by atoms with van der Waals surface area (Å²) < 4.78 is 12.7. The van der Waals surface area contributed by atoms with Crippen LogP contribution in [0.15, 0.2) is 59.7 Å². The maximum Gasteiger partial charge on any atom is 0.339 e. The molecule has 0 aromatic heterocycles.